The molecule has 1 N–H and O–H groups in total. The van der Waals surface area contributed by atoms with Crippen molar-refractivity contribution in [2.24, 2.45) is 12.5 Å². The molecule has 1 aliphatic heterocycles. The van der Waals surface area contributed by atoms with E-state index in [1.165, 1.54) is 31.4 Å². The third-order valence-electron chi connectivity index (χ3n) is 7.83. The summed E-state index contributed by atoms with van der Waals surface area (Å²) in [7, 11) is 1.99. The smallest absolute Gasteiger partial charge is 0.255 e. The highest BCUT2D eigenvalue weighted by Gasteiger charge is 2.43. The van der Waals surface area contributed by atoms with Crippen molar-refractivity contribution >= 4 is 11.9 Å². The van der Waals surface area contributed by atoms with E-state index in [1.54, 1.807) is 17.1 Å². The Balaban J connectivity index is 1.10. The van der Waals surface area contributed by atoms with E-state index in [0.717, 1.165) is 48.8 Å². The second-order valence-corrected chi connectivity index (χ2v) is 9.98. The van der Waals surface area contributed by atoms with Crippen LogP contribution in [0.25, 0.3) is 0 Å². The van der Waals surface area contributed by atoms with Crippen LogP contribution in [0, 0.1) is 12.3 Å². The molecular weight excluding hydrogens is 416 g/mol. The molecule has 3 aromatic heterocycles. The van der Waals surface area contributed by atoms with Crippen LogP contribution in [0.2, 0.25) is 0 Å². The monoisotopic (exact) mass is 446 g/mol. The first-order valence-corrected chi connectivity index (χ1v) is 11.9. The molecule has 9 nitrogen and oxygen atoms in total. The highest BCUT2D eigenvalue weighted by Crippen LogP contribution is 2.48. The summed E-state index contributed by atoms with van der Waals surface area (Å²) in [5.74, 6) is 0.720. The maximum atomic E-state index is 12.8. The summed E-state index contributed by atoms with van der Waals surface area (Å²) in [5.41, 5.74) is 5.24. The summed E-state index contributed by atoms with van der Waals surface area (Å²) >= 11 is 0. The van der Waals surface area contributed by atoms with Gasteiger partial charge in [0.2, 0.25) is 5.95 Å². The van der Waals surface area contributed by atoms with Crippen LogP contribution < -0.4 is 10.2 Å². The Hall–Kier alpha value is -3.23. The van der Waals surface area contributed by atoms with Gasteiger partial charge in [0.15, 0.2) is 0 Å². The molecule has 6 rings (SSSR count). The molecule has 0 unspecified atom stereocenters. The second-order valence-electron chi connectivity index (χ2n) is 9.98. The van der Waals surface area contributed by atoms with Crippen molar-refractivity contribution in [3.63, 3.8) is 0 Å². The number of carbonyl (C=O) groups excluding carboxylic acids is 1. The van der Waals surface area contributed by atoms with Crippen LogP contribution in [0.1, 0.15) is 71.1 Å². The molecule has 1 amide bonds. The summed E-state index contributed by atoms with van der Waals surface area (Å²) in [6.07, 6.45) is 14.3. The zero-order chi connectivity index (χ0) is 22.6. The number of carbonyl (C=O) groups is 1. The number of anilines is 1. The van der Waals surface area contributed by atoms with Crippen molar-refractivity contribution in [2.75, 3.05) is 18.0 Å². The molecule has 2 aliphatic carbocycles. The molecule has 0 aromatic carbocycles. The topological polar surface area (TPSA) is 93.8 Å². The average Bonchev–Trinajstić information content (AvgIpc) is 3.55. The van der Waals surface area contributed by atoms with Crippen LogP contribution in [-0.2, 0) is 20.0 Å². The molecule has 1 atom stereocenters. The van der Waals surface area contributed by atoms with Crippen molar-refractivity contribution in [3.8, 4) is 0 Å². The zero-order valence-corrected chi connectivity index (χ0v) is 19.3. The molecule has 0 bridgehead atoms. The Morgan fingerprint density at radius 1 is 1.24 bits per heavy atom. The number of imidazole rings is 1. The Bertz CT molecular complexity index is 1210. The molecule has 9 heteroatoms. The summed E-state index contributed by atoms with van der Waals surface area (Å²) in [5, 5.41) is 7.51. The van der Waals surface area contributed by atoms with Gasteiger partial charge < -0.3 is 14.8 Å². The molecule has 0 radical (unpaired) electrons. The number of nitrogens with one attached hydrogen (secondary N) is 1. The largest absolute Gasteiger partial charge is 0.343 e. The minimum atomic E-state index is -0.118. The quantitative estimate of drug-likeness (QED) is 0.647. The second kappa shape index (κ2) is 7.67. The highest BCUT2D eigenvalue weighted by molar-refractivity contribution is 5.94. The number of nitrogens with zero attached hydrogens (tertiary/aromatic N) is 7. The standard InChI is InChI=1S/C24H30N8O/c1-16-17(10-25-23(28-16)31-9-8-24(14-31)6-3-7-24)12-32-13-18(11-27-32)22(33)29-19-4-5-20-21(19)26-15-30(20)2/h10-11,13,15,19H,3-9,12,14H2,1-2H3,(H,29,33)/t19-/m1/s1. The number of aromatic nitrogens is 6. The van der Waals surface area contributed by atoms with Crippen LogP contribution in [0.15, 0.2) is 24.9 Å². The normalized spacial score (nSPS) is 20.8. The number of amides is 1. The first-order valence-electron chi connectivity index (χ1n) is 11.9. The van der Waals surface area contributed by atoms with Crippen LogP contribution in [0.5, 0.6) is 0 Å². The Morgan fingerprint density at radius 3 is 2.88 bits per heavy atom. The van der Waals surface area contributed by atoms with Gasteiger partial charge >= 0.3 is 0 Å². The molecule has 3 aliphatic rings. The van der Waals surface area contributed by atoms with Crippen molar-refractivity contribution in [1.82, 2.24) is 34.6 Å². The molecule has 172 valence electrons. The SMILES string of the molecule is Cc1nc(N2CCC3(CCC3)C2)ncc1Cn1cc(C(=O)N[C@@H]2CCc3c2ncn3C)cn1. The maximum absolute atomic E-state index is 12.8. The Kier molecular flexibility index (Phi) is 4.74. The number of aryl methyl sites for hydroxylation is 2. The van der Waals surface area contributed by atoms with Crippen molar-refractivity contribution in [3.05, 3.63) is 53.1 Å². The molecule has 1 spiro atoms. The molecule has 4 heterocycles. The molecular formula is C24H30N8O. The van der Waals surface area contributed by atoms with Crippen LogP contribution in [0.3, 0.4) is 0 Å². The van der Waals surface area contributed by atoms with Gasteiger partial charge in [0.1, 0.15) is 0 Å². The van der Waals surface area contributed by atoms with Crippen molar-refractivity contribution in [2.45, 2.75) is 58.0 Å². The van der Waals surface area contributed by atoms with Crippen LogP contribution in [0.4, 0.5) is 5.95 Å². The number of rotatable bonds is 5. The van der Waals surface area contributed by atoms with Crippen molar-refractivity contribution < 1.29 is 4.79 Å². The number of hydrogen-bond acceptors (Lipinski definition) is 6. The maximum Gasteiger partial charge on any atom is 0.255 e. The minimum absolute atomic E-state index is 0.0371. The summed E-state index contributed by atoms with van der Waals surface area (Å²) < 4.78 is 3.81. The number of fused-ring (bicyclic) bond motifs is 1. The van der Waals surface area contributed by atoms with Gasteiger partial charge in [0.25, 0.3) is 5.91 Å². The molecule has 1 saturated heterocycles. The fourth-order valence-electron chi connectivity index (χ4n) is 5.59. The lowest BCUT2D eigenvalue weighted by molar-refractivity contribution is 0.0936. The van der Waals surface area contributed by atoms with Gasteiger partial charge in [-0.15, -0.1) is 0 Å². The van der Waals surface area contributed by atoms with Gasteiger partial charge in [-0.05, 0) is 44.4 Å². The van der Waals surface area contributed by atoms with Gasteiger partial charge in [-0.3, -0.25) is 9.48 Å². The van der Waals surface area contributed by atoms with Gasteiger partial charge in [-0.25, -0.2) is 15.0 Å². The van der Waals surface area contributed by atoms with E-state index in [-0.39, 0.29) is 11.9 Å². The molecule has 3 aromatic rings. The fourth-order valence-corrected chi connectivity index (χ4v) is 5.59. The lowest BCUT2D eigenvalue weighted by atomic mass is 9.68. The van der Waals surface area contributed by atoms with E-state index in [2.05, 4.69) is 25.3 Å². The Labute approximate surface area is 193 Å². The molecule has 33 heavy (non-hydrogen) atoms. The van der Waals surface area contributed by atoms with Crippen molar-refractivity contribution in [1.29, 1.82) is 0 Å². The van der Waals surface area contributed by atoms with E-state index in [0.29, 0.717) is 17.5 Å². The van der Waals surface area contributed by atoms with E-state index in [4.69, 9.17) is 4.98 Å². The number of hydrogen-bond donors (Lipinski definition) is 1. The lowest BCUT2D eigenvalue weighted by Gasteiger charge is -2.37. The first kappa shape index (κ1) is 20.4. The highest BCUT2D eigenvalue weighted by atomic mass is 16.1. The summed E-state index contributed by atoms with van der Waals surface area (Å²) in [6, 6.07) is -0.0371. The predicted octanol–water partition coefficient (Wildman–Crippen LogP) is 2.56. The minimum Gasteiger partial charge on any atom is -0.343 e. The van der Waals surface area contributed by atoms with E-state index < -0.39 is 0 Å². The molecule has 2 fully saturated rings. The third-order valence-corrected chi connectivity index (χ3v) is 7.83. The average molecular weight is 447 g/mol. The third kappa shape index (κ3) is 3.59. The fraction of sp³-hybridized carbons (Fsp3) is 0.542. The predicted molar refractivity (Wildman–Crippen MR) is 123 cm³/mol. The van der Waals surface area contributed by atoms with Gasteiger partial charge in [0.05, 0.1) is 36.4 Å². The summed E-state index contributed by atoms with van der Waals surface area (Å²) in [4.78, 5) is 29.0. The zero-order valence-electron chi connectivity index (χ0n) is 19.3. The van der Waals surface area contributed by atoms with Gasteiger partial charge in [-0.1, -0.05) is 6.42 Å². The lowest BCUT2D eigenvalue weighted by Crippen LogP contribution is -2.33. The summed E-state index contributed by atoms with van der Waals surface area (Å²) in [6.45, 7) is 4.70. The van der Waals surface area contributed by atoms with Crippen LogP contribution in [-0.4, -0.2) is 48.3 Å². The van der Waals surface area contributed by atoms with Gasteiger partial charge in [-0.2, -0.15) is 5.10 Å². The first-order chi connectivity index (χ1) is 16.0. The van der Waals surface area contributed by atoms with E-state index in [9.17, 15) is 4.79 Å². The molecule has 1 saturated carbocycles. The van der Waals surface area contributed by atoms with Gasteiger partial charge in [0, 0.05) is 49.5 Å². The van der Waals surface area contributed by atoms with E-state index >= 15 is 0 Å². The van der Waals surface area contributed by atoms with E-state index in [1.807, 2.05) is 31.1 Å². The van der Waals surface area contributed by atoms with Crippen LogP contribution >= 0.6 is 0 Å². The Morgan fingerprint density at radius 2 is 2.12 bits per heavy atom.